The largest absolute Gasteiger partial charge is 0.347 e. The van der Waals surface area contributed by atoms with Crippen LogP contribution in [0.3, 0.4) is 0 Å². The van der Waals surface area contributed by atoms with Crippen LogP contribution in [0.25, 0.3) is 11.0 Å². The van der Waals surface area contributed by atoms with E-state index in [2.05, 4.69) is 27.4 Å². The number of likely N-dealkylation sites (tertiary alicyclic amines) is 1. The zero-order valence-electron chi connectivity index (χ0n) is 19.7. The van der Waals surface area contributed by atoms with E-state index < -0.39 is 6.04 Å². The van der Waals surface area contributed by atoms with Crippen molar-refractivity contribution in [2.75, 3.05) is 6.54 Å². The molecule has 0 bridgehead atoms. The zero-order valence-corrected chi connectivity index (χ0v) is 19.7. The molecule has 6 heteroatoms. The van der Waals surface area contributed by atoms with Gasteiger partial charge in [0, 0.05) is 13.0 Å². The average molecular weight is 468 g/mol. The van der Waals surface area contributed by atoms with Crippen LogP contribution in [0.5, 0.6) is 0 Å². The molecule has 1 fully saturated rings. The number of H-pyrrole nitrogens is 2. The van der Waals surface area contributed by atoms with Crippen molar-refractivity contribution in [1.29, 1.82) is 0 Å². The van der Waals surface area contributed by atoms with Crippen LogP contribution >= 0.6 is 0 Å². The SMILES string of the molecule is O=C(NC(Cc1ccccc1)c1ccccc1)[C@@H]1CCCN1C(=O)CCc1[nH]c2ccccc2[nH+]1. The van der Waals surface area contributed by atoms with Crippen molar-refractivity contribution in [2.24, 2.45) is 0 Å². The van der Waals surface area contributed by atoms with Gasteiger partial charge in [-0.25, -0.2) is 9.97 Å². The van der Waals surface area contributed by atoms with Crippen LogP contribution in [0.4, 0.5) is 0 Å². The maximum Gasteiger partial charge on any atom is 0.253 e. The summed E-state index contributed by atoms with van der Waals surface area (Å²) in [5.41, 5.74) is 4.28. The minimum atomic E-state index is -0.420. The second kappa shape index (κ2) is 10.6. The number of carbonyl (C=O) groups is 2. The number of rotatable bonds is 8. The number of para-hydroxylation sites is 2. The maximum atomic E-state index is 13.4. The first-order valence-corrected chi connectivity index (χ1v) is 12.3. The first kappa shape index (κ1) is 22.8. The quantitative estimate of drug-likeness (QED) is 0.411. The summed E-state index contributed by atoms with van der Waals surface area (Å²) in [6, 6.07) is 27.6. The smallest absolute Gasteiger partial charge is 0.253 e. The number of hydrogen-bond donors (Lipinski definition) is 2. The van der Waals surface area contributed by atoms with E-state index in [1.54, 1.807) is 4.90 Å². The number of aromatic nitrogens is 2. The number of aromatic amines is 2. The van der Waals surface area contributed by atoms with Gasteiger partial charge in [-0.2, -0.15) is 0 Å². The molecule has 0 aliphatic carbocycles. The molecule has 2 heterocycles. The lowest BCUT2D eigenvalue weighted by Crippen LogP contribution is -2.47. The van der Waals surface area contributed by atoms with Gasteiger partial charge >= 0.3 is 0 Å². The fourth-order valence-electron chi connectivity index (χ4n) is 4.95. The lowest BCUT2D eigenvalue weighted by atomic mass is 9.98. The Bertz CT molecular complexity index is 1250. The lowest BCUT2D eigenvalue weighted by Gasteiger charge is -2.27. The molecule has 35 heavy (non-hydrogen) atoms. The van der Waals surface area contributed by atoms with Gasteiger partial charge in [-0.05, 0) is 42.5 Å². The summed E-state index contributed by atoms with van der Waals surface area (Å²) in [5.74, 6) is 0.874. The predicted molar refractivity (Wildman–Crippen MR) is 135 cm³/mol. The molecule has 3 aromatic carbocycles. The van der Waals surface area contributed by atoms with E-state index >= 15 is 0 Å². The second-order valence-electron chi connectivity index (χ2n) is 9.18. The molecule has 5 rings (SSSR count). The van der Waals surface area contributed by atoms with Gasteiger partial charge in [-0.15, -0.1) is 0 Å². The van der Waals surface area contributed by atoms with Crippen molar-refractivity contribution in [3.63, 3.8) is 0 Å². The molecule has 1 aliphatic heterocycles. The summed E-state index contributed by atoms with van der Waals surface area (Å²) in [6.45, 7) is 0.627. The van der Waals surface area contributed by atoms with E-state index in [9.17, 15) is 9.59 Å². The van der Waals surface area contributed by atoms with Crippen molar-refractivity contribution in [3.05, 3.63) is 102 Å². The van der Waals surface area contributed by atoms with E-state index in [4.69, 9.17) is 0 Å². The summed E-state index contributed by atoms with van der Waals surface area (Å²) in [5, 5.41) is 3.25. The monoisotopic (exact) mass is 467 g/mol. The minimum absolute atomic E-state index is 0.0222. The van der Waals surface area contributed by atoms with Gasteiger partial charge in [-0.3, -0.25) is 9.59 Å². The Morgan fingerprint density at radius 3 is 2.46 bits per heavy atom. The van der Waals surface area contributed by atoms with Crippen molar-refractivity contribution in [2.45, 2.75) is 44.2 Å². The molecular formula is C29H31N4O2+. The third kappa shape index (κ3) is 5.43. The first-order chi connectivity index (χ1) is 17.2. The van der Waals surface area contributed by atoms with Crippen LogP contribution in [0.15, 0.2) is 84.9 Å². The summed E-state index contributed by atoms with van der Waals surface area (Å²) in [7, 11) is 0. The number of nitrogens with one attached hydrogen (secondary N) is 3. The highest BCUT2D eigenvalue weighted by Crippen LogP contribution is 2.23. The Labute approximate surface area is 205 Å². The third-order valence-electron chi connectivity index (χ3n) is 6.76. The first-order valence-electron chi connectivity index (χ1n) is 12.3. The van der Waals surface area contributed by atoms with Gasteiger partial charge in [-0.1, -0.05) is 72.8 Å². The minimum Gasteiger partial charge on any atom is -0.347 e. The van der Waals surface area contributed by atoms with Crippen LogP contribution in [0.1, 0.15) is 42.3 Å². The van der Waals surface area contributed by atoms with Crippen molar-refractivity contribution >= 4 is 22.8 Å². The highest BCUT2D eigenvalue weighted by Gasteiger charge is 2.35. The second-order valence-corrected chi connectivity index (χ2v) is 9.18. The van der Waals surface area contributed by atoms with Crippen LogP contribution in [-0.4, -0.2) is 34.3 Å². The van der Waals surface area contributed by atoms with Crippen LogP contribution < -0.4 is 10.3 Å². The maximum absolute atomic E-state index is 13.4. The third-order valence-corrected chi connectivity index (χ3v) is 6.76. The molecule has 1 unspecified atom stereocenters. The molecule has 2 atom stereocenters. The van der Waals surface area contributed by atoms with Crippen LogP contribution in [0.2, 0.25) is 0 Å². The summed E-state index contributed by atoms with van der Waals surface area (Å²) in [6.07, 6.45) is 3.19. The summed E-state index contributed by atoms with van der Waals surface area (Å²) < 4.78 is 0. The highest BCUT2D eigenvalue weighted by molar-refractivity contribution is 5.88. The number of imidazole rings is 1. The molecule has 1 aromatic heterocycles. The van der Waals surface area contributed by atoms with Crippen LogP contribution in [0, 0.1) is 0 Å². The van der Waals surface area contributed by atoms with Crippen LogP contribution in [-0.2, 0) is 22.4 Å². The molecule has 4 aromatic rings. The Kier molecular flexibility index (Phi) is 6.89. The number of benzene rings is 3. The van der Waals surface area contributed by atoms with E-state index in [0.717, 1.165) is 34.4 Å². The van der Waals surface area contributed by atoms with Crippen molar-refractivity contribution in [1.82, 2.24) is 15.2 Å². The molecule has 1 saturated heterocycles. The topological polar surface area (TPSA) is 79.3 Å². The molecular weight excluding hydrogens is 436 g/mol. The van der Waals surface area contributed by atoms with Gasteiger partial charge in [0.15, 0.2) is 11.0 Å². The van der Waals surface area contributed by atoms with Gasteiger partial charge < -0.3 is 10.2 Å². The number of fused-ring (bicyclic) bond motifs is 1. The summed E-state index contributed by atoms with van der Waals surface area (Å²) in [4.78, 5) is 35.0. The van der Waals surface area contributed by atoms with E-state index in [-0.39, 0.29) is 17.9 Å². The summed E-state index contributed by atoms with van der Waals surface area (Å²) >= 11 is 0. The Morgan fingerprint density at radius 2 is 1.69 bits per heavy atom. The Balaban J connectivity index is 1.25. The fourth-order valence-corrected chi connectivity index (χ4v) is 4.95. The van der Waals surface area contributed by atoms with Gasteiger partial charge in [0.2, 0.25) is 11.8 Å². The number of nitrogens with zero attached hydrogens (tertiary/aromatic N) is 1. The lowest BCUT2D eigenvalue weighted by molar-refractivity contribution is -0.357. The number of hydrogen-bond acceptors (Lipinski definition) is 2. The van der Waals surface area contributed by atoms with Gasteiger partial charge in [0.1, 0.15) is 6.04 Å². The molecule has 1 aliphatic rings. The molecule has 2 amide bonds. The standard InChI is InChI=1S/C29H30N4O2/c34-28(18-17-27-30-23-14-7-8-15-24(23)31-27)33-19-9-16-26(33)29(35)32-25(22-12-5-2-6-13-22)20-21-10-3-1-4-11-21/h1-8,10-15,25-26H,9,16-20H2,(H,30,31)(H,32,35)/p+1/t25?,26-/m0/s1. The molecule has 0 saturated carbocycles. The van der Waals surface area contributed by atoms with Crippen molar-refractivity contribution in [3.8, 4) is 0 Å². The number of carbonyl (C=O) groups excluding carboxylic acids is 2. The van der Waals surface area contributed by atoms with E-state index in [1.807, 2.05) is 72.8 Å². The van der Waals surface area contributed by atoms with Crippen molar-refractivity contribution < 1.29 is 14.6 Å². The molecule has 3 N–H and O–H groups in total. The molecule has 178 valence electrons. The molecule has 6 nitrogen and oxygen atoms in total. The predicted octanol–water partition coefficient (Wildman–Crippen LogP) is 4.01. The Morgan fingerprint density at radius 1 is 0.971 bits per heavy atom. The fraction of sp³-hybridized carbons (Fsp3) is 0.276. The zero-order chi connectivity index (χ0) is 24.0. The number of amides is 2. The van der Waals surface area contributed by atoms with E-state index in [0.29, 0.717) is 32.2 Å². The highest BCUT2D eigenvalue weighted by atomic mass is 16.2. The number of aryl methyl sites for hydroxylation is 1. The normalized spacial score (nSPS) is 16.3. The van der Waals surface area contributed by atoms with Gasteiger partial charge in [0.25, 0.3) is 5.82 Å². The van der Waals surface area contributed by atoms with E-state index in [1.165, 1.54) is 0 Å². The Hall–Kier alpha value is -3.93. The molecule has 0 spiro atoms. The van der Waals surface area contributed by atoms with Gasteiger partial charge in [0.05, 0.1) is 12.5 Å². The average Bonchev–Trinajstić information content (AvgIpc) is 3.55. The molecule has 0 radical (unpaired) electrons.